The molecule has 0 amide bonds. The van der Waals surface area contributed by atoms with Crippen LogP contribution >= 0.6 is 0 Å². The van der Waals surface area contributed by atoms with E-state index in [2.05, 4.69) is 139 Å². The summed E-state index contributed by atoms with van der Waals surface area (Å²) < 4.78 is 0. The third-order valence-corrected chi connectivity index (χ3v) is 8.54. The van der Waals surface area contributed by atoms with E-state index in [4.69, 9.17) is 9.97 Å². The van der Waals surface area contributed by atoms with Gasteiger partial charge in [0.05, 0.1) is 11.9 Å². The van der Waals surface area contributed by atoms with Crippen molar-refractivity contribution in [1.82, 2.24) is 9.97 Å². The van der Waals surface area contributed by atoms with Crippen molar-refractivity contribution in [1.29, 1.82) is 0 Å². The standard InChI is InChI=1S/C34H40N4.2C2H6.C2H4/c1-9-34(8,10-2)28-16-11-12-17-30(28)38-26(7)37(27-19-22(3)18-23(4)20-27)32-33(38)36-29(21-35-32)31-24(5)14-13-15-25(31)6;3*1-2/h11-21,26H,9-10H2,1-8H3;2*1-2H3;1-2H2. The number of aromatic nitrogens is 2. The van der Waals surface area contributed by atoms with Gasteiger partial charge in [0.15, 0.2) is 11.6 Å². The molecule has 0 N–H and O–H groups in total. The lowest BCUT2D eigenvalue weighted by molar-refractivity contribution is 0.438. The second kappa shape index (κ2) is 16.2. The number of fused-ring (bicyclic) bond motifs is 1. The molecule has 3 aromatic carbocycles. The molecule has 44 heavy (non-hydrogen) atoms. The van der Waals surface area contributed by atoms with Gasteiger partial charge in [-0.2, -0.15) is 0 Å². The van der Waals surface area contributed by atoms with Crippen molar-refractivity contribution in [3.63, 3.8) is 0 Å². The molecule has 1 aromatic heterocycles. The molecule has 5 rings (SSSR count). The average Bonchev–Trinajstić information content (AvgIpc) is 3.33. The van der Waals surface area contributed by atoms with Crippen LogP contribution < -0.4 is 9.80 Å². The van der Waals surface area contributed by atoms with Crippen LogP contribution in [0.4, 0.5) is 23.0 Å². The Morgan fingerprint density at radius 1 is 0.750 bits per heavy atom. The fraction of sp³-hybridized carbons (Fsp3) is 0.400. The number of aryl methyl sites for hydroxylation is 4. The van der Waals surface area contributed by atoms with Gasteiger partial charge in [0.2, 0.25) is 0 Å². The molecule has 1 unspecified atom stereocenters. The summed E-state index contributed by atoms with van der Waals surface area (Å²) in [4.78, 5) is 15.2. The third kappa shape index (κ3) is 7.07. The smallest absolute Gasteiger partial charge is 0.179 e. The van der Waals surface area contributed by atoms with Gasteiger partial charge in [0.25, 0.3) is 0 Å². The predicted octanol–water partition coefficient (Wildman–Crippen LogP) is 11.9. The number of para-hydroxylation sites is 1. The lowest BCUT2D eigenvalue weighted by Crippen LogP contribution is -2.37. The van der Waals surface area contributed by atoms with E-state index >= 15 is 0 Å². The molecule has 0 saturated heterocycles. The van der Waals surface area contributed by atoms with Crippen LogP contribution in [0.1, 0.15) is 96.0 Å². The highest BCUT2D eigenvalue weighted by molar-refractivity contribution is 5.86. The Morgan fingerprint density at radius 3 is 1.84 bits per heavy atom. The second-order valence-electron chi connectivity index (χ2n) is 11.2. The van der Waals surface area contributed by atoms with Crippen LogP contribution in [0.5, 0.6) is 0 Å². The van der Waals surface area contributed by atoms with Crippen molar-refractivity contribution in [3.05, 3.63) is 108 Å². The quantitative estimate of drug-likeness (QED) is 0.208. The number of nitrogens with zero attached hydrogens (tertiary/aromatic N) is 4. The summed E-state index contributed by atoms with van der Waals surface area (Å²) >= 11 is 0. The Morgan fingerprint density at radius 2 is 1.30 bits per heavy atom. The Hall–Kier alpha value is -3.92. The van der Waals surface area contributed by atoms with Crippen molar-refractivity contribution in [3.8, 4) is 11.3 Å². The van der Waals surface area contributed by atoms with Crippen molar-refractivity contribution in [2.24, 2.45) is 0 Å². The number of rotatable bonds is 6. The fourth-order valence-corrected chi connectivity index (χ4v) is 6.08. The molecule has 4 heteroatoms. The Balaban J connectivity index is 0.00000106. The van der Waals surface area contributed by atoms with Gasteiger partial charge in [-0.15, -0.1) is 13.2 Å². The summed E-state index contributed by atoms with van der Waals surface area (Å²) in [6.07, 6.45) is 4.11. The number of anilines is 4. The molecule has 1 atom stereocenters. The van der Waals surface area contributed by atoms with E-state index in [9.17, 15) is 0 Å². The lowest BCUT2D eigenvalue weighted by Gasteiger charge is -2.35. The van der Waals surface area contributed by atoms with E-state index in [0.29, 0.717) is 0 Å². The molecule has 0 radical (unpaired) electrons. The molecule has 1 aliphatic rings. The maximum Gasteiger partial charge on any atom is 0.179 e. The maximum atomic E-state index is 5.37. The zero-order valence-corrected chi connectivity index (χ0v) is 29.5. The van der Waals surface area contributed by atoms with Gasteiger partial charge in [-0.25, -0.2) is 9.97 Å². The monoisotopic (exact) mass is 592 g/mol. The van der Waals surface area contributed by atoms with Crippen LogP contribution in [0, 0.1) is 27.7 Å². The molecule has 0 saturated carbocycles. The predicted molar refractivity (Wildman–Crippen MR) is 195 cm³/mol. The highest BCUT2D eigenvalue weighted by atomic mass is 15.5. The summed E-state index contributed by atoms with van der Waals surface area (Å²) in [6.45, 7) is 31.9. The Kier molecular flexibility index (Phi) is 13.4. The van der Waals surface area contributed by atoms with Gasteiger partial charge in [-0.05, 0) is 98.9 Å². The Labute approximate surface area is 268 Å². The fourth-order valence-electron chi connectivity index (χ4n) is 6.08. The van der Waals surface area contributed by atoms with Crippen molar-refractivity contribution in [2.45, 2.75) is 108 Å². The summed E-state index contributed by atoms with van der Waals surface area (Å²) in [5, 5.41) is 0. The van der Waals surface area contributed by atoms with Crippen LogP contribution in [-0.4, -0.2) is 16.1 Å². The van der Waals surface area contributed by atoms with Crippen LogP contribution in [0.15, 0.2) is 80.0 Å². The number of hydrogen-bond acceptors (Lipinski definition) is 4. The SMILES string of the molecule is C=C.CC.CC.CCC(C)(CC)c1ccccc1N1c2nc(-c3c(C)cccc3C)cnc2N(c2cc(C)cc(C)c2)C1C. The summed E-state index contributed by atoms with van der Waals surface area (Å²) in [6, 6.07) is 22.0. The lowest BCUT2D eigenvalue weighted by atomic mass is 9.77. The summed E-state index contributed by atoms with van der Waals surface area (Å²) in [7, 11) is 0. The molecule has 4 aromatic rings. The van der Waals surface area contributed by atoms with E-state index in [1.54, 1.807) is 0 Å². The average molecular weight is 593 g/mol. The molecular weight excluding hydrogens is 536 g/mol. The van der Waals surface area contributed by atoms with Gasteiger partial charge >= 0.3 is 0 Å². The van der Waals surface area contributed by atoms with Crippen molar-refractivity contribution in [2.75, 3.05) is 9.80 Å². The number of hydrogen-bond donors (Lipinski definition) is 0. The second-order valence-corrected chi connectivity index (χ2v) is 11.2. The third-order valence-electron chi connectivity index (χ3n) is 8.54. The van der Waals surface area contributed by atoms with Crippen LogP contribution in [0.3, 0.4) is 0 Å². The molecule has 0 spiro atoms. The minimum Gasteiger partial charge on any atom is -0.302 e. The van der Waals surface area contributed by atoms with Crippen LogP contribution in [0.25, 0.3) is 11.3 Å². The zero-order valence-electron chi connectivity index (χ0n) is 29.5. The zero-order chi connectivity index (χ0) is 33.2. The summed E-state index contributed by atoms with van der Waals surface area (Å²) in [5.41, 5.74) is 10.8. The first-order valence-corrected chi connectivity index (χ1v) is 16.4. The molecule has 1 aliphatic heterocycles. The molecule has 0 aliphatic carbocycles. The maximum absolute atomic E-state index is 5.37. The first-order chi connectivity index (χ1) is 21.2. The van der Waals surface area contributed by atoms with Crippen molar-refractivity contribution < 1.29 is 0 Å². The minimum absolute atomic E-state index is 0.0125. The molecule has 0 bridgehead atoms. The molecule has 4 nitrogen and oxygen atoms in total. The minimum atomic E-state index is 0.0125. The van der Waals surface area contributed by atoms with Gasteiger partial charge in [0, 0.05) is 16.9 Å². The van der Waals surface area contributed by atoms with Gasteiger partial charge in [-0.3, -0.25) is 0 Å². The van der Waals surface area contributed by atoms with Gasteiger partial charge in [-0.1, -0.05) is 90.9 Å². The van der Waals surface area contributed by atoms with Gasteiger partial charge in [0.1, 0.15) is 6.17 Å². The highest BCUT2D eigenvalue weighted by Gasteiger charge is 2.40. The molecular formula is C40H56N4. The van der Waals surface area contributed by atoms with E-state index in [0.717, 1.165) is 35.9 Å². The van der Waals surface area contributed by atoms with E-state index < -0.39 is 0 Å². The summed E-state index contributed by atoms with van der Waals surface area (Å²) in [5.74, 6) is 1.82. The van der Waals surface area contributed by atoms with E-state index in [1.165, 1.54) is 39.1 Å². The molecule has 236 valence electrons. The largest absolute Gasteiger partial charge is 0.302 e. The van der Waals surface area contributed by atoms with Crippen LogP contribution in [0.2, 0.25) is 0 Å². The van der Waals surface area contributed by atoms with Crippen LogP contribution in [-0.2, 0) is 5.41 Å². The first-order valence-electron chi connectivity index (χ1n) is 16.4. The number of benzene rings is 3. The van der Waals surface area contributed by atoms with Gasteiger partial charge < -0.3 is 9.80 Å². The highest BCUT2D eigenvalue weighted by Crippen LogP contribution is 2.49. The normalized spacial score (nSPS) is 13.5. The topological polar surface area (TPSA) is 32.3 Å². The first kappa shape index (κ1) is 36.3. The Bertz CT molecular complexity index is 1460. The van der Waals surface area contributed by atoms with E-state index in [-0.39, 0.29) is 11.6 Å². The van der Waals surface area contributed by atoms with E-state index in [1.807, 2.05) is 33.9 Å². The molecule has 2 heterocycles. The van der Waals surface area contributed by atoms with Crippen molar-refractivity contribution >= 4 is 23.0 Å². The molecule has 0 fully saturated rings.